The van der Waals surface area contributed by atoms with Gasteiger partial charge in [-0.2, -0.15) is 0 Å². The van der Waals surface area contributed by atoms with Crippen LogP contribution in [0.25, 0.3) is 6.08 Å². The summed E-state index contributed by atoms with van der Waals surface area (Å²) in [6.45, 7) is 0.581. The Morgan fingerprint density at radius 2 is 1.87 bits per heavy atom. The molecule has 0 aliphatic rings. The summed E-state index contributed by atoms with van der Waals surface area (Å²) in [5.41, 5.74) is 1.49. The second-order valence-corrected chi connectivity index (χ2v) is 7.06. The van der Waals surface area contributed by atoms with Gasteiger partial charge in [0, 0.05) is 11.5 Å². The van der Waals surface area contributed by atoms with Gasteiger partial charge in [-0.1, -0.05) is 30.3 Å². The van der Waals surface area contributed by atoms with Gasteiger partial charge in [-0.15, -0.1) is 11.3 Å². The summed E-state index contributed by atoms with van der Waals surface area (Å²) in [5.74, 6) is -0.291. The number of rotatable bonds is 9. The highest BCUT2D eigenvalue weighted by Gasteiger charge is 2.09. The number of thiazole rings is 1. The smallest absolute Gasteiger partial charge is 0.250 e. The molecule has 154 valence electrons. The van der Waals surface area contributed by atoms with Crippen molar-refractivity contribution in [2.24, 2.45) is 0 Å². The Morgan fingerprint density at radius 3 is 2.63 bits per heavy atom. The zero-order valence-electron chi connectivity index (χ0n) is 16.0. The van der Waals surface area contributed by atoms with E-state index in [0.717, 1.165) is 5.56 Å². The van der Waals surface area contributed by atoms with E-state index in [-0.39, 0.29) is 30.7 Å². The Bertz CT molecular complexity index is 1000. The van der Waals surface area contributed by atoms with Crippen LogP contribution in [0, 0.1) is 5.82 Å². The van der Waals surface area contributed by atoms with Crippen LogP contribution in [-0.4, -0.2) is 29.9 Å². The van der Waals surface area contributed by atoms with Crippen molar-refractivity contribution in [1.82, 2.24) is 10.3 Å². The zero-order chi connectivity index (χ0) is 21.2. The van der Waals surface area contributed by atoms with Crippen LogP contribution >= 0.6 is 11.3 Å². The largest absolute Gasteiger partial charge is 0.492 e. The lowest BCUT2D eigenvalue weighted by atomic mass is 10.2. The lowest BCUT2D eigenvalue weighted by Gasteiger charge is -2.07. The molecule has 3 rings (SSSR count). The first-order chi connectivity index (χ1) is 14.6. The highest BCUT2D eigenvalue weighted by molar-refractivity contribution is 7.14. The highest BCUT2D eigenvalue weighted by Crippen LogP contribution is 2.16. The molecule has 0 bridgehead atoms. The first-order valence-electron chi connectivity index (χ1n) is 9.22. The molecule has 0 unspecified atom stereocenters. The molecule has 8 heteroatoms. The first-order valence-corrected chi connectivity index (χ1v) is 10.1. The van der Waals surface area contributed by atoms with Crippen LogP contribution < -0.4 is 15.4 Å². The van der Waals surface area contributed by atoms with E-state index in [2.05, 4.69) is 15.6 Å². The van der Waals surface area contributed by atoms with E-state index < -0.39 is 0 Å². The summed E-state index contributed by atoms with van der Waals surface area (Å²) in [6.07, 6.45) is 3.25. The predicted molar refractivity (Wildman–Crippen MR) is 115 cm³/mol. The van der Waals surface area contributed by atoms with Crippen molar-refractivity contribution in [3.63, 3.8) is 0 Å². The van der Waals surface area contributed by atoms with E-state index in [9.17, 15) is 14.0 Å². The highest BCUT2D eigenvalue weighted by atomic mass is 32.1. The molecule has 6 nitrogen and oxygen atoms in total. The number of amides is 2. The van der Waals surface area contributed by atoms with E-state index in [1.807, 2.05) is 30.3 Å². The van der Waals surface area contributed by atoms with Gasteiger partial charge in [-0.25, -0.2) is 9.37 Å². The molecular formula is C22H20FN3O3S. The molecule has 3 aromatic rings. The maximum atomic E-state index is 12.8. The van der Waals surface area contributed by atoms with Gasteiger partial charge in [0.15, 0.2) is 5.13 Å². The van der Waals surface area contributed by atoms with Crippen molar-refractivity contribution in [3.8, 4) is 5.75 Å². The number of carbonyl (C=O) groups is 2. The molecule has 0 saturated heterocycles. The van der Waals surface area contributed by atoms with E-state index >= 15 is 0 Å². The Balaban J connectivity index is 1.37. The molecule has 2 N–H and O–H groups in total. The molecule has 1 heterocycles. The minimum atomic E-state index is -0.332. The van der Waals surface area contributed by atoms with Gasteiger partial charge in [-0.05, 0) is 35.9 Å². The van der Waals surface area contributed by atoms with Gasteiger partial charge < -0.3 is 10.1 Å². The molecule has 0 saturated carbocycles. The molecule has 0 atom stereocenters. The summed E-state index contributed by atoms with van der Waals surface area (Å²) in [5, 5.41) is 7.57. The third-order valence-electron chi connectivity index (χ3n) is 3.86. The van der Waals surface area contributed by atoms with Crippen molar-refractivity contribution in [2.45, 2.75) is 6.42 Å². The van der Waals surface area contributed by atoms with Gasteiger partial charge in [0.25, 0.3) is 0 Å². The van der Waals surface area contributed by atoms with Gasteiger partial charge in [-0.3, -0.25) is 14.9 Å². The van der Waals surface area contributed by atoms with E-state index in [0.29, 0.717) is 23.1 Å². The number of benzene rings is 2. The average Bonchev–Trinajstić information content (AvgIpc) is 3.18. The van der Waals surface area contributed by atoms with Crippen molar-refractivity contribution in [1.29, 1.82) is 0 Å². The quantitative estimate of drug-likeness (QED) is 0.405. The Kier molecular flexibility index (Phi) is 7.68. The molecule has 2 amide bonds. The van der Waals surface area contributed by atoms with Crippen LogP contribution in [0.3, 0.4) is 0 Å². The maximum absolute atomic E-state index is 12.8. The van der Waals surface area contributed by atoms with E-state index in [1.165, 1.54) is 41.7 Å². The average molecular weight is 425 g/mol. The van der Waals surface area contributed by atoms with Crippen molar-refractivity contribution in [2.75, 3.05) is 18.5 Å². The number of halogens is 1. The van der Waals surface area contributed by atoms with Crippen LogP contribution in [0.1, 0.15) is 11.3 Å². The lowest BCUT2D eigenvalue weighted by molar-refractivity contribution is -0.120. The van der Waals surface area contributed by atoms with Gasteiger partial charge in [0.05, 0.1) is 18.7 Å². The summed E-state index contributed by atoms with van der Waals surface area (Å²) in [4.78, 5) is 28.2. The topological polar surface area (TPSA) is 80.3 Å². The number of anilines is 1. The molecule has 30 heavy (non-hydrogen) atoms. The second-order valence-electron chi connectivity index (χ2n) is 6.21. The molecule has 0 aliphatic carbocycles. The number of ether oxygens (including phenoxy) is 1. The molecular weight excluding hydrogens is 405 g/mol. The van der Waals surface area contributed by atoms with E-state index in [4.69, 9.17) is 4.74 Å². The SMILES string of the molecule is O=C(C=Cc1ccccc1)Nc1nc(CC(=O)NCCOc2ccc(F)cc2)cs1. The molecule has 0 aliphatic heterocycles. The Labute approximate surface area is 177 Å². The number of hydrogen-bond acceptors (Lipinski definition) is 5. The van der Waals surface area contributed by atoms with Gasteiger partial charge >= 0.3 is 0 Å². The zero-order valence-corrected chi connectivity index (χ0v) is 16.8. The fourth-order valence-corrected chi connectivity index (χ4v) is 3.16. The molecule has 1 aromatic heterocycles. The summed E-state index contributed by atoms with van der Waals surface area (Å²) < 4.78 is 18.2. The normalized spacial score (nSPS) is 10.7. The number of aromatic nitrogens is 1. The maximum Gasteiger partial charge on any atom is 0.250 e. The van der Waals surface area contributed by atoms with E-state index in [1.54, 1.807) is 11.5 Å². The monoisotopic (exact) mass is 425 g/mol. The number of nitrogens with one attached hydrogen (secondary N) is 2. The number of hydrogen-bond donors (Lipinski definition) is 2. The van der Waals surface area contributed by atoms with Gasteiger partial charge in [0.2, 0.25) is 11.8 Å². The summed E-state index contributed by atoms with van der Waals surface area (Å²) in [6, 6.07) is 15.2. The van der Waals surface area contributed by atoms with Crippen molar-refractivity contribution in [3.05, 3.63) is 83.1 Å². The van der Waals surface area contributed by atoms with Gasteiger partial charge in [0.1, 0.15) is 18.2 Å². The molecule has 0 spiro atoms. The number of carbonyl (C=O) groups excluding carboxylic acids is 2. The van der Waals surface area contributed by atoms with Crippen molar-refractivity contribution >= 4 is 34.4 Å². The second kappa shape index (κ2) is 10.9. The van der Waals surface area contributed by atoms with Crippen molar-refractivity contribution < 1.29 is 18.7 Å². The molecule has 0 fully saturated rings. The Hall–Kier alpha value is -3.52. The van der Waals surface area contributed by atoms with Crippen LogP contribution in [0.4, 0.5) is 9.52 Å². The summed E-state index contributed by atoms with van der Waals surface area (Å²) in [7, 11) is 0. The minimum absolute atomic E-state index is 0.1000. The third-order valence-corrected chi connectivity index (χ3v) is 4.66. The lowest BCUT2D eigenvalue weighted by Crippen LogP contribution is -2.29. The fourth-order valence-electron chi connectivity index (χ4n) is 2.45. The minimum Gasteiger partial charge on any atom is -0.492 e. The van der Waals surface area contributed by atoms with Crippen LogP contribution in [0.5, 0.6) is 5.75 Å². The summed E-state index contributed by atoms with van der Waals surface area (Å²) >= 11 is 1.26. The number of nitrogens with zero attached hydrogens (tertiary/aromatic N) is 1. The third kappa shape index (κ3) is 7.14. The standard InChI is InChI=1S/C22H20FN3O3S/c23-17-7-9-19(10-8-17)29-13-12-24-21(28)14-18-15-30-22(25-18)26-20(27)11-6-16-4-2-1-3-5-16/h1-11,15H,12-14H2,(H,24,28)(H,25,26,27). The van der Waals surface area contributed by atoms with Crippen LogP contribution in [-0.2, 0) is 16.0 Å². The Morgan fingerprint density at radius 1 is 1.10 bits per heavy atom. The van der Waals surface area contributed by atoms with Crippen LogP contribution in [0.15, 0.2) is 66.1 Å². The molecule has 0 radical (unpaired) electrons. The van der Waals surface area contributed by atoms with Crippen LogP contribution in [0.2, 0.25) is 0 Å². The first kappa shape index (κ1) is 21.2. The predicted octanol–water partition coefficient (Wildman–Crippen LogP) is 3.67. The molecule has 2 aromatic carbocycles. The fraction of sp³-hybridized carbons (Fsp3) is 0.136.